The average Bonchev–Trinajstić information content (AvgIpc) is 1.75. The second-order valence-electron chi connectivity index (χ2n) is 37.8. The third-order valence-electron chi connectivity index (χ3n) is 23.0. The molecule has 7 aromatic heterocycles. The Kier molecular flexibility index (Phi) is 33.8. The number of aldehydes is 1. The summed E-state index contributed by atoms with van der Waals surface area (Å²) in [5.41, 5.74) is 14.8. The van der Waals surface area contributed by atoms with Crippen LogP contribution in [0.1, 0.15) is 172 Å². The van der Waals surface area contributed by atoms with Gasteiger partial charge in [-0.05, 0) is 154 Å². The fourth-order valence-corrected chi connectivity index (χ4v) is 17.2. The minimum atomic E-state index is -3.19. The Morgan fingerprint density at radius 2 is 0.785 bits per heavy atom. The van der Waals surface area contributed by atoms with Crippen LogP contribution in [0.4, 0.5) is 37.5 Å². The van der Waals surface area contributed by atoms with Crippen LogP contribution in [0.5, 0.6) is 0 Å². The molecule has 7 aromatic rings. The van der Waals surface area contributed by atoms with Crippen molar-refractivity contribution in [2.45, 2.75) is 228 Å². The molecule has 3 atom stereocenters. The van der Waals surface area contributed by atoms with Crippen LogP contribution in [-0.4, -0.2) is 307 Å². The lowest BCUT2D eigenvalue weighted by Gasteiger charge is -2.39. The molecule has 3 aliphatic carbocycles. The number of aromatic nitrogens is 14. The number of nitrogens with two attached hydrogens (primary N) is 2. The molecular formula is C85H129Cl3N26O14S2. The molecule has 0 spiro atoms. The Balaban J connectivity index is 0.000000156. The molecule has 7 N–H and O–H groups in total. The first-order valence-electron chi connectivity index (χ1n) is 44.9. The zero-order chi connectivity index (χ0) is 94.6. The van der Waals surface area contributed by atoms with Crippen LogP contribution in [0, 0.1) is 41.4 Å². The standard InChI is InChI=1S/C24H35N7O3.C20H29N7O3S.C16H22ClN5O2.C10H17NO3.C8H14N2O.C6H9ClN4.CH3ClO2S/c1-5-31-18(10-15-11-30(12-15)23(33)34-24(2,3)4)28-19-20(25-14-26-21(19)31)27-17-8-9-29(13-17)22(32)16-6-7-16;1-3-27-16(8-13-9-26(10-13)31(2,29)30)24-17-18(21-12-22-19(17)27)23-15-6-7-25(11-15)20(28)14-4-5-14;1-5-22-11(20-12-13(17)18-9-19-14(12)22)6-10-7-21(8-10)15(23)24-16(2,3)4;1-10(2,3)14-9(13)11-6-8(7-11)4-5-12;9-7-3-4-10(5-7)8(11)6-1-2-6;1-2-9-6-4(8)5(7)10-3-11-6;1-5(2,3)4/h14-17H,5-13H2,1-4H3,(H,25,26,27);12-15H,3-11H2,1-2H3,(H,21,22,23);9-10H,5-8H2,1-4H3;5,8H,4,6-7H2,1-3H3;6-7H,1-5,9H2;3H,2,8H2,1H3,(H,9,10,11);1H3/t17-;15-;;;7-;;/m00..0../s1. The predicted octanol–water partition coefficient (Wildman–Crippen LogP) is 9.02. The summed E-state index contributed by atoms with van der Waals surface area (Å²) in [6, 6.07) is 0.564. The van der Waals surface area contributed by atoms with Crippen molar-refractivity contribution in [3.8, 4) is 0 Å². The summed E-state index contributed by atoms with van der Waals surface area (Å²) >= 11 is 11.7. The molecule has 0 unspecified atom stereocenters. The maximum Gasteiger partial charge on any atom is 0.410 e. The van der Waals surface area contributed by atoms with E-state index in [1.807, 2.05) is 83.9 Å². The van der Waals surface area contributed by atoms with Gasteiger partial charge in [-0.15, -0.1) is 0 Å². The van der Waals surface area contributed by atoms with Crippen LogP contribution in [0.15, 0.2) is 25.3 Å². The second kappa shape index (κ2) is 43.5. The Morgan fingerprint density at radius 1 is 0.454 bits per heavy atom. The number of sulfonamides is 1. The highest BCUT2D eigenvalue weighted by atomic mass is 35.7. The fourth-order valence-electron chi connectivity index (χ4n) is 15.9. The van der Waals surface area contributed by atoms with Gasteiger partial charge < -0.3 is 89.5 Å². The van der Waals surface area contributed by atoms with E-state index in [1.165, 1.54) is 23.2 Å². The lowest BCUT2D eigenvalue weighted by molar-refractivity contribution is -0.132. The number of amides is 6. The van der Waals surface area contributed by atoms with E-state index in [9.17, 15) is 50.4 Å². The van der Waals surface area contributed by atoms with Gasteiger partial charge >= 0.3 is 18.3 Å². The molecule has 45 heteroatoms. The van der Waals surface area contributed by atoms with Crippen LogP contribution in [-0.2, 0) is 91.4 Å². The summed E-state index contributed by atoms with van der Waals surface area (Å²) in [7, 11) is -1.81. The van der Waals surface area contributed by atoms with Crippen molar-refractivity contribution in [3.63, 3.8) is 0 Å². The molecular weight excluding hydrogens is 1780 g/mol. The summed E-state index contributed by atoms with van der Waals surface area (Å²) in [4.78, 5) is 141. The van der Waals surface area contributed by atoms with Gasteiger partial charge in [-0.2, -0.15) is 0 Å². The van der Waals surface area contributed by atoms with E-state index < -0.39 is 35.9 Å². The molecule has 0 bridgehead atoms. The van der Waals surface area contributed by atoms with Gasteiger partial charge in [-0.1, -0.05) is 23.2 Å². The second-order valence-corrected chi connectivity index (χ2v) is 43.5. The topological polar surface area (TPSA) is 483 Å². The number of hydrogen-bond acceptors (Lipinski definition) is 30. The summed E-state index contributed by atoms with van der Waals surface area (Å²) in [6.45, 7) is 37.7. The van der Waals surface area contributed by atoms with Gasteiger partial charge in [-0.25, -0.2) is 90.3 Å². The van der Waals surface area contributed by atoms with Gasteiger partial charge in [0.1, 0.15) is 77.1 Å². The van der Waals surface area contributed by atoms with E-state index in [0.29, 0.717) is 148 Å². The van der Waals surface area contributed by atoms with Crippen molar-refractivity contribution in [1.82, 2.24) is 102 Å². The van der Waals surface area contributed by atoms with Crippen LogP contribution < -0.4 is 27.4 Å². The largest absolute Gasteiger partial charge is 0.444 e. The third-order valence-corrected chi connectivity index (χ3v) is 24.8. The maximum absolute atomic E-state index is 12.4. The smallest absolute Gasteiger partial charge is 0.410 e. The number of nitrogen functional groups attached to an aromatic ring is 1. The monoisotopic (exact) mass is 1910 g/mol. The first-order valence-corrected chi connectivity index (χ1v) is 50.2. The summed E-state index contributed by atoms with van der Waals surface area (Å²) in [5.74, 6) is 7.94. The number of imidazole rings is 3. The maximum atomic E-state index is 12.4. The van der Waals surface area contributed by atoms with Crippen molar-refractivity contribution in [2.75, 3.05) is 132 Å². The number of fused-ring (bicyclic) bond motifs is 3. The van der Waals surface area contributed by atoms with E-state index in [1.54, 1.807) is 27.4 Å². The minimum Gasteiger partial charge on any atom is -0.444 e. The summed E-state index contributed by atoms with van der Waals surface area (Å²) in [6.07, 6.45) is 20.2. The van der Waals surface area contributed by atoms with Gasteiger partial charge in [0.2, 0.25) is 36.8 Å². The molecule has 40 nitrogen and oxygen atoms in total. The van der Waals surface area contributed by atoms with Crippen LogP contribution >= 0.6 is 33.9 Å². The van der Waals surface area contributed by atoms with Crippen molar-refractivity contribution in [3.05, 3.63) is 53.1 Å². The lowest BCUT2D eigenvalue weighted by atomic mass is 9.96. The van der Waals surface area contributed by atoms with Crippen molar-refractivity contribution in [2.24, 2.45) is 47.2 Å². The SMILES string of the molecule is CC(C)(C)OC(=O)N1CC(CC=O)C1.CCNc1ncnc(Cl)c1N.CCn1c(CC2CN(C(=O)OC(C)(C)C)C2)nc2c(Cl)ncnc21.CCn1c(CC2CN(C(=O)OC(C)(C)C)C2)nc2c(N[C@H]3CCN(C(=O)C4CC4)C3)ncnc21.CCn1c(CC2CN(S(C)(=O)=O)C2)nc2c(N[C@H]3CCN(C(=O)C4CC4)C3)ncnc21.CS(=O)(=O)Cl.N[C@H]1CCN(C(=O)C2CC2)C1. The Bertz CT molecular complexity index is 5350. The molecule has 14 heterocycles. The highest BCUT2D eigenvalue weighted by Crippen LogP contribution is 2.37. The van der Waals surface area contributed by atoms with E-state index in [-0.39, 0.29) is 59.3 Å². The molecule has 716 valence electrons. The number of ether oxygens (including phenoxy) is 3. The Morgan fingerprint density at radius 3 is 1.13 bits per heavy atom. The molecule has 3 saturated carbocycles. The van der Waals surface area contributed by atoms with E-state index in [0.717, 1.165) is 187 Å². The number of anilines is 4. The first-order chi connectivity index (χ1) is 61.3. The number of nitrogens with one attached hydrogen (secondary N) is 3. The number of likely N-dealkylation sites (tertiary alicyclic amines) is 6. The Hall–Kier alpha value is -9.49. The molecule has 7 aliphatic heterocycles. The number of carbonyl (C=O) groups is 7. The van der Waals surface area contributed by atoms with E-state index >= 15 is 0 Å². The van der Waals surface area contributed by atoms with Gasteiger partial charge in [0.25, 0.3) is 0 Å². The number of rotatable bonds is 21. The zero-order valence-corrected chi connectivity index (χ0v) is 81.2. The molecule has 10 aliphatic rings. The van der Waals surface area contributed by atoms with Gasteiger partial charge in [0.15, 0.2) is 55.7 Å². The highest BCUT2D eigenvalue weighted by molar-refractivity contribution is 8.13. The molecule has 7 saturated heterocycles. The van der Waals surface area contributed by atoms with E-state index in [2.05, 4.69) is 106 Å². The summed E-state index contributed by atoms with van der Waals surface area (Å²) < 4.78 is 65.9. The van der Waals surface area contributed by atoms with Gasteiger partial charge in [0, 0.05) is 208 Å². The molecule has 17 rings (SSSR count). The van der Waals surface area contributed by atoms with Crippen molar-refractivity contribution < 1.29 is 64.6 Å². The van der Waals surface area contributed by atoms with Crippen LogP contribution in [0.2, 0.25) is 10.3 Å². The quantitative estimate of drug-likeness (QED) is 0.0194. The first kappa shape index (κ1) is 101. The molecule has 10 fully saturated rings. The molecule has 6 amide bonds. The lowest BCUT2D eigenvalue weighted by Crippen LogP contribution is -2.52. The van der Waals surface area contributed by atoms with E-state index in [4.69, 9.17) is 58.8 Å². The molecule has 0 aromatic carbocycles. The normalized spacial score (nSPS) is 19.6. The van der Waals surface area contributed by atoms with Gasteiger partial charge in [0.05, 0.1) is 12.5 Å². The number of halogens is 3. The molecule has 130 heavy (non-hydrogen) atoms. The van der Waals surface area contributed by atoms with Gasteiger partial charge in [-0.3, -0.25) is 14.4 Å². The number of carbonyl (C=O) groups excluding carboxylic acids is 7. The molecule has 0 radical (unpaired) electrons. The van der Waals surface area contributed by atoms with Crippen molar-refractivity contribution >= 4 is 152 Å². The minimum absolute atomic E-state index is 0.158. The van der Waals surface area contributed by atoms with Crippen molar-refractivity contribution in [1.29, 1.82) is 0 Å². The fraction of sp³-hybridized carbons (Fsp3) is 0.694. The summed E-state index contributed by atoms with van der Waals surface area (Å²) in [5, 5.41) is 10.6. The zero-order valence-electron chi connectivity index (χ0n) is 77.3. The number of nitrogens with zero attached hydrogens (tertiary/aromatic N) is 21. The van der Waals surface area contributed by atoms with Crippen LogP contribution in [0.25, 0.3) is 33.5 Å². The predicted molar refractivity (Wildman–Crippen MR) is 494 cm³/mol. The third kappa shape index (κ3) is 28.5. The highest BCUT2D eigenvalue weighted by Gasteiger charge is 2.43. The van der Waals surface area contributed by atoms with Crippen LogP contribution in [0.3, 0.4) is 0 Å². The number of aryl methyl sites for hydroxylation is 3. The average molecular weight is 1910 g/mol. The Labute approximate surface area is 774 Å². The number of hydrogen-bond donors (Lipinski definition) is 5.